The van der Waals surface area contributed by atoms with Gasteiger partial charge in [0.2, 0.25) is 15.9 Å². The van der Waals surface area contributed by atoms with Crippen molar-refractivity contribution in [2.75, 3.05) is 19.6 Å². The second-order valence-corrected chi connectivity index (χ2v) is 9.53. The van der Waals surface area contributed by atoms with Crippen LogP contribution in [0.4, 0.5) is 13.2 Å². The maximum absolute atomic E-state index is 13.1. The molecule has 0 radical (unpaired) electrons. The summed E-state index contributed by atoms with van der Waals surface area (Å²) >= 11 is 0. The van der Waals surface area contributed by atoms with Crippen LogP contribution in [-0.4, -0.2) is 44.3 Å². The Balaban J connectivity index is 1.72. The molecule has 1 aliphatic rings. The third-order valence-electron chi connectivity index (χ3n) is 5.31. The molecule has 1 amide bonds. The molecule has 1 fully saturated rings. The Bertz CT molecular complexity index is 1020. The summed E-state index contributed by atoms with van der Waals surface area (Å²) in [7, 11) is -4.15. The lowest BCUT2D eigenvalue weighted by Crippen LogP contribution is -2.59. The molecule has 3 rings (SSSR count). The number of rotatable bonds is 7. The number of alkyl halides is 3. The van der Waals surface area contributed by atoms with Gasteiger partial charge in [0.05, 0.1) is 10.5 Å². The molecular weight excluding hydrogens is 443 g/mol. The monoisotopic (exact) mass is 469 g/mol. The Morgan fingerprint density at radius 3 is 2.31 bits per heavy atom. The van der Waals surface area contributed by atoms with Gasteiger partial charge in [-0.15, -0.1) is 0 Å². The van der Waals surface area contributed by atoms with Crippen molar-refractivity contribution in [2.45, 2.75) is 43.4 Å². The van der Waals surface area contributed by atoms with Gasteiger partial charge >= 0.3 is 6.18 Å². The van der Waals surface area contributed by atoms with Crippen LogP contribution in [0.3, 0.4) is 0 Å². The first-order valence-electron chi connectivity index (χ1n) is 10.4. The van der Waals surface area contributed by atoms with E-state index < -0.39 is 33.7 Å². The average molecular weight is 470 g/mol. The van der Waals surface area contributed by atoms with E-state index in [2.05, 4.69) is 17.6 Å². The van der Waals surface area contributed by atoms with Gasteiger partial charge in [-0.05, 0) is 41.8 Å². The standard InChI is InChI=1S/C22H26F3N3O3S/c1-2-3-16-4-6-17(7-5-16)14-27-21(29)20-15-26-12-13-28(20)32(30,31)19-10-8-18(9-11-19)22(23,24)25/h4-11,20,26H,2-3,12-15H2,1H3,(H,27,29)/t20-/m1/s1. The van der Waals surface area contributed by atoms with Gasteiger partial charge in [-0.25, -0.2) is 8.42 Å². The molecule has 174 valence electrons. The van der Waals surface area contributed by atoms with Gasteiger partial charge in [-0.3, -0.25) is 4.79 Å². The number of piperazine rings is 1. The third-order valence-corrected chi connectivity index (χ3v) is 7.24. The van der Waals surface area contributed by atoms with Gasteiger partial charge < -0.3 is 10.6 Å². The highest BCUT2D eigenvalue weighted by Gasteiger charge is 2.38. The maximum atomic E-state index is 13.1. The minimum Gasteiger partial charge on any atom is -0.351 e. The van der Waals surface area contributed by atoms with Crippen LogP contribution in [0.15, 0.2) is 53.4 Å². The SMILES string of the molecule is CCCc1ccc(CNC(=O)[C@H]2CNCCN2S(=O)(=O)c2ccc(C(F)(F)F)cc2)cc1. The van der Waals surface area contributed by atoms with E-state index in [0.29, 0.717) is 6.54 Å². The van der Waals surface area contributed by atoms with Gasteiger partial charge in [0, 0.05) is 26.2 Å². The van der Waals surface area contributed by atoms with Crippen molar-refractivity contribution >= 4 is 15.9 Å². The van der Waals surface area contributed by atoms with Crippen LogP contribution in [0.2, 0.25) is 0 Å². The van der Waals surface area contributed by atoms with E-state index in [4.69, 9.17) is 0 Å². The van der Waals surface area contributed by atoms with Crippen LogP contribution in [0.25, 0.3) is 0 Å². The number of hydrogen-bond acceptors (Lipinski definition) is 4. The summed E-state index contributed by atoms with van der Waals surface area (Å²) in [5.41, 5.74) is 1.16. The van der Waals surface area contributed by atoms with Crippen LogP contribution in [0, 0.1) is 0 Å². The minimum absolute atomic E-state index is 0.0349. The number of aryl methyl sites for hydroxylation is 1. The van der Waals surface area contributed by atoms with Gasteiger partial charge in [0.25, 0.3) is 0 Å². The van der Waals surface area contributed by atoms with Crippen LogP contribution in [0.5, 0.6) is 0 Å². The Kier molecular flexibility index (Phi) is 7.58. The van der Waals surface area contributed by atoms with Crippen molar-refractivity contribution in [1.29, 1.82) is 0 Å². The molecule has 0 saturated carbocycles. The predicted octanol–water partition coefficient (Wildman–Crippen LogP) is 2.94. The second kappa shape index (κ2) is 10.0. The van der Waals surface area contributed by atoms with Crippen LogP contribution in [-0.2, 0) is 34.0 Å². The van der Waals surface area contributed by atoms with E-state index in [0.717, 1.165) is 47.0 Å². The highest BCUT2D eigenvalue weighted by Crippen LogP contribution is 2.30. The molecule has 10 heteroatoms. The number of benzene rings is 2. The summed E-state index contributed by atoms with van der Waals surface area (Å²) in [5.74, 6) is -0.467. The molecular formula is C22H26F3N3O3S. The van der Waals surface area contributed by atoms with Crippen molar-refractivity contribution in [1.82, 2.24) is 14.9 Å². The number of nitrogens with zero attached hydrogens (tertiary/aromatic N) is 1. The summed E-state index contributed by atoms with van der Waals surface area (Å²) in [5, 5.41) is 5.77. The molecule has 6 nitrogen and oxygen atoms in total. The maximum Gasteiger partial charge on any atom is 0.416 e. The van der Waals surface area contributed by atoms with Crippen molar-refractivity contribution in [3.63, 3.8) is 0 Å². The summed E-state index contributed by atoms with van der Waals surface area (Å²) in [6.07, 6.45) is -2.56. The number of carbonyl (C=O) groups is 1. The van der Waals surface area contributed by atoms with Crippen molar-refractivity contribution in [3.8, 4) is 0 Å². The summed E-state index contributed by atoms with van der Waals surface area (Å²) in [4.78, 5) is 12.5. The first kappa shape index (κ1) is 24.2. The number of nitrogens with one attached hydrogen (secondary N) is 2. The first-order valence-corrected chi connectivity index (χ1v) is 11.8. The largest absolute Gasteiger partial charge is 0.416 e. The molecule has 1 aliphatic heterocycles. The molecule has 0 aromatic heterocycles. The van der Waals surface area contributed by atoms with Gasteiger partial charge in [0.1, 0.15) is 6.04 Å². The lowest BCUT2D eigenvalue weighted by Gasteiger charge is -2.34. The summed E-state index contributed by atoms with van der Waals surface area (Å²) in [6, 6.07) is 10.1. The number of hydrogen-bond donors (Lipinski definition) is 2. The lowest BCUT2D eigenvalue weighted by atomic mass is 10.1. The van der Waals surface area contributed by atoms with Gasteiger partial charge in [0.15, 0.2) is 0 Å². The molecule has 0 aliphatic carbocycles. The lowest BCUT2D eigenvalue weighted by molar-refractivity contribution is -0.137. The fourth-order valence-corrected chi connectivity index (χ4v) is 5.16. The molecule has 2 aromatic rings. The first-order chi connectivity index (χ1) is 15.1. The number of amides is 1. The Morgan fingerprint density at radius 2 is 1.72 bits per heavy atom. The van der Waals surface area contributed by atoms with Gasteiger partial charge in [-0.2, -0.15) is 17.5 Å². The molecule has 0 spiro atoms. The summed E-state index contributed by atoms with van der Waals surface area (Å²) in [6.45, 7) is 2.82. The Hall–Kier alpha value is -2.43. The van der Waals surface area contributed by atoms with E-state index in [1.54, 1.807) is 0 Å². The average Bonchev–Trinajstić information content (AvgIpc) is 2.78. The fraction of sp³-hybridized carbons (Fsp3) is 0.409. The van der Waals surface area contributed by atoms with Crippen molar-refractivity contribution in [3.05, 3.63) is 65.2 Å². The molecule has 1 heterocycles. The van der Waals surface area contributed by atoms with Crippen LogP contribution >= 0.6 is 0 Å². The zero-order valence-electron chi connectivity index (χ0n) is 17.7. The fourth-order valence-electron chi connectivity index (χ4n) is 3.57. The zero-order valence-corrected chi connectivity index (χ0v) is 18.5. The molecule has 2 N–H and O–H groups in total. The van der Waals surface area contributed by atoms with Crippen molar-refractivity contribution < 1.29 is 26.4 Å². The minimum atomic E-state index is -4.56. The number of halogens is 3. The molecule has 0 unspecified atom stereocenters. The normalized spacial score (nSPS) is 17.8. The quantitative estimate of drug-likeness (QED) is 0.654. The molecule has 1 atom stereocenters. The van der Waals surface area contributed by atoms with E-state index in [9.17, 15) is 26.4 Å². The molecule has 1 saturated heterocycles. The van der Waals surface area contributed by atoms with E-state index in [-0.39, 0.29) is 24.5 Å². The third kappa shape index (κ3) is 5.67. The predicted molar refractivity (Wildman–Crippen MR) is 114 cm³/mol. The second-order valence-electron chi connectivity index (χ2n) is 7.64. The van der Waals surface area contributed by atoms with E-state index in [1.165, 1.54) is 5.56 Å². The molecule has 2 aromatic carbocycles. The number of carbonyl (C=O) groups excluding carboxylic acids is 1. The zero-order chi connectivity index (χ0) is 23.4. The topological polar surface area (TPSA) is 78.5 Å². The van der Waals surface area contributed by atoms with E-state index >= 15 is 0 Å². The molecule has 0 bridgehead atoms. The Morgan fingerprint density at radius 1 is 1.09 bits per heavy atom. The highest BCUT2D eigenvalue weighted by molar-refractivity contribution is 7.89. The summed E-state index contributed by atoms with van der Waals surface area (Å²) < 4.78 is 65.6. The number of sulfonamides is 1. The van der Waals surface area contributed by atoms with E-state index in [1.807, 2.05) is 24.3 Å². The Labute approximate surface area is 185 Å². The highest BCUT2D eigenvalue weighted by atomic mass is 32.2. The van der Waals surface area contributed by atoms with Crippen LogP contribution in [0.1, 0.15) is 30.0 Å². The van der Waals surface area contributed by atoms with Gasteiger partial charge in [-0.1, -0.05) is 37.6 Å². The smallest absolute Gasteiger partial charge is 0.351 e. The molecule has 32 heavy (non-hydrogen) atoms. The van der Waals surface area contributed by atoms with Crippen LogP contribution < -0.4 is 10.6 Å². The van der Waals surface area contributed by atoms with Crippen molar-refractivity contribution in [2.24, 2.45) is 0 Å².